The van der Waals surface area contributed by atoms with E-state index in [0.717, 1.165) is 5.56 Å². The number of carbonyl (C=O) groups is 1. The van der Waals surface area contributed by atoms with E-state index in [1.165, 1.54) is 13.2 Å². The Hall–Kier alpha value is -2.97. The highest BCUT2D eigenvalue weighted by Gasteiger charge is 2.08. The van der Waals surface area contributed by atoms with Gasteiger partial charge < -0.3 is 19.4 Å². The molecule has 0 bridgehead atoms. The normalized spacial score (nSPS) is 10.8. The fourth-order valence-electron chi connectivity index (χ4n) is 1.97. The molecule has 0 N–H and O–H groups in total. The molecule has 6 heteroatoms. The third-order valence-electron chi connectivity index (χ3n) is 3.18. The first-order valence-corrected chi connectivity index (χ1v) is 7.30. The molecule has 0 aliphatic carbocycles. The molecule has 0 heterocycles. The predicted molar refractivity (Wildman–Crippen MR) is 87.4 cm³/mol. The molecule has 24 heavy (non-hydrogen) atoms. The van der Waals surface area contributed by atoms with Crippen LogP contribution < -0.4 is 14.6 Å². The zero-order chi connectivity index (χ0) is 17.5. The second-order valence-corrected chi connectivity index (χ2v) is 5.15. The van der Waals surface area contributed by atoms with E-state index in [2.05, 4.69) is 0 Å². The fraction of sp³-hybridized carbons (Fsp3) is 0.111. The van der Waals surface area contributed by atoms with Crippen LogP contribution in [0.3, 0.4) is 0 Å². The minimum atomic E-state index is -1.53. The van der Waals surface area contributed by atoms with E-state index in [0.29, 0.717) is 22.1 Å². The zero-order valence-corrected chi connectivity index (χ0v) is 13.5. The lowest BCUT2D eigenvalue weighted by molar-refractivity contribution is -0.298. The van der Waals surface area contributed by atoms with Crippen molar-refractivity contribution >= 4 is 23.6 Å². The van der Waals surface area contributed by atoms with Gasteiger partial charge in [-0.05, 0) is 29.8 Å². The van der Waals surface area contributed by atoms with Gasteiger partial charge in [-0.2, -0.15) is 5.26 Å². The molecule has 2 aromatic carbocycles. The van der Waals surface area contributed by atoms with Crippen molar-refractivity contribution in [2.24, 2.45) is 0 Å². The van der Waals surface area contributed by atoms with Crippen molar-refractivity contribution < 1.29 is 19.4 Å². The number of nitrogens with zero attached hydrogens (tertiary/aromatic N) is 1. The molecule has 2 rings (SSSR count). The summed E-state index contributed by atoms with van der Waals surface area (Å²) in [5.74, 6) is -0.650. The lowest BCUT2D eigenvalue weighted by Crippen LogP contribution is -2.23. The van der Waals surface area contributed by atoms with Gasteiger partial charge in [-0.3, -0.25) is 0 Å². The average molecular weight is 343 g/mol. The van der Waals surface area contributed by atoms with E-state index in [1.54, 1.807) is 30.3 Å². The van der Waals surface area contributed by atoms with Gasteiger partial charge in [-0.25, -0.2) is 0 Å². The number of benzene rings is 2. The van der Waals surface area contributed by atoms with Gasteiger partial charge >= 0.3 is 0 Å². The quantitative estimate of drug-likeness (QED) is 0.595. The van der Waals surface area contributed by atoms with Gasteiger partial charge in [-0.1, -0.05) is 35.9 Å². The van der Waals surface area contributed by atoms with Gasteiger partial charge in [0.1, 0.15) is 12.7 Å². The molecule has 0 saturated carbocycles. The number of rotatable bonds is 6. The van der Waals surface area contributed by atoms with Crippen molar-refractivity contribution in [3.8, 4) is 17.6 Å². The lowest BCUT2D eigenvalue weighted by Gasteiger charge is -2.12. The topological polar surface area (TPSA) is 82.4 Å². The first kappa shape index (κ1) is 17.4. The number of methoxy groups -OCH3 is 1. The molecule has 0 aliphatic heterocycles. The Morgan fingerprint density at radius 2 is 2.04 bits per heavy atom. The molecule has 0 spiro atoms. The molecule has 0 unspecified atom stereocenters. The molecule has 0 saturated heterocycles. The first-order chi connectivity index (χ1) is 11.5. The summed E-state index contributed by atoms with van der Waals surface area (Å²) in [4.78, 5) is 10.8. The molecule has 122 valence electrons. The summed E-state index contributed by atoms with van der Waals surface area (Å²) in [5.41, 5.74) is 0.841. The van der Waals surface area contributed by atoms with Crippen LogP contribution in [0.2, 0.25) is 5.02 Å². The van der Waals surface area contributed by atoms with E-state index in [4.69, 9.17) is 26.3 Å². The molecular formula is C18H13ClNO4-. The van der Waals surface area contributed by atoms with Gasteiger partial charge in [-0.15, -0.1) is 0 Å². The van der Waals surface area contributed by atoms with Crippen molar-refractivity contribution in [1.29, 1.82) is 5.26 Å². The van der Waals surface area contributed by atoms with Gasteiger partial charge in [0.2, 0.25) is 0 Å². The van der Waals surface area contributed by atoms with Crippen LogP contribution in [0.5, 0.6) is 11.5 Å². The summed E-state index contributed by atoms with van der Waals surface area (Å²) in [6, 6.07) is 13.7. The Morgan fingerprint density at radius 1 is 1.29 bits per heavy atom. The molecule has 0 aliphatic rings. The van der Waals surface area contributed by atoms with Crippen molar-refractivity contribution in [1.82, 2.24) is 0 Å². The van der Waals surface area contributed by atoms with E-state index >= 15 is 0 Å². The summed E-state index contributed by atoms with van der Waals surface area (Å²) in [6.45, 7) is 0.258. The Morgan fingerprint density at radius 3 is 2.67 bits per heavy atom. The highest BCUT2D eigenvalue weighted by Crippen LogP contribution is 2.30. The smallest absolute Gasteiger partial charge is 0.161 e. The lowest BCUT2D eigenvalue weighted by atomic mass is 10.1. The van der Waals surface area contributed by atoms with Crippen molar-refractivity contribution in [3.05, 3.63) is 64.2 Å². The standard InChI is InChI=1S/C18H14ClNO4/c1-23-17-9-12(8-14(10-20)18(21)22)6-7-16(17)24-11-13-4-2-3-5-15(13)19/h2-9H,11H2,1H3,(H,21,22)/p-1/b14-8+. The highest BCUT2D eigenvalue weighted by atomic mass is 35.5. The van der Waals surface area contributed by atoms with Crippen molar-refractivity contribution in [2.45, 2.75) is 6.61 Å². The first-order valence-electron chi connectivity index (χ1n) is 6.92. The number of aliphatic carboxylic acids is 1. The van der Waals surface area contributed by atoms with Gasteiger partial charge in [0.25, 0.3) is 0 Å². The summed E-state index contributed by atoms with van der Waals surface area (Å²) in [5, 5.41) is 20.1. The van der Waals surface area contributed by atoms with Gasteiger partial charge in [0, 0.05) is 10.6 Å². The maximum atomic E-state index is 10.8. The van der Waals surface area contributed by atoms with E-state index in [1.807, 2.05) is 18.2 Å². The number of carboxylic acid groups (broad SMARTS) is 1. The number of carbonyl (C=O) groups excluding carboxylic acids is 1. The molecular weight excluding hydrogens is 330 g/mol. The molecule has 2 aromatic rings. The van der Waals surface area contributed by atoms with Crippen LogP contribution in [-0.2, 0) is 11.4 Å². The average Bonchev–Trinajstić information content (AvgIpc) is 2.59. The fourth-order valence-corrected chi connectivity index (χ4v) is 2.16. The third kappa shape index (κ3) is 4.28. The van der Waals surface area contributed by atoms with Crippen LogP contribution in [0, 0.1) is 11.3 Å². The third-order valence-corrected chi connectivity index (χ3v) is 3.55. The summed E-state index contributed by atoms with van der Waals surface area (Å²) in [6.07, 6.45) is 1.20. The predicted octanol–water partition coefficient (Wildman–Crippen LogP) is 2.58. The number of hydrogen-bond donors (Lipinski definition) is 0. The van der Waals surface area contributed by atoms with Crippen LogP contribution in [0.1, 0.15) is 11.1 Å². The number of ether oxygens (including phenoxy) is 2. The summed E-state index contributed by atoms with van der Waals surface area (Å²) in [7, 11) is 1.47. The van der Waals surface area contributed by atoms with Crippen LogP contribution >= 0.6 is 11.6 Å². The Balaban J connectivity index is 2.22. The number of halogens is 1. The zero-order valence-electron chi connectivity index (χ0n) is 12.8. The van der Waals surface area contributed by atoms with Gasteiger partial charge in [0.15, 0.2) is 11.5 Å². The second-order valence-electron chi connectivity index (χ2n) is 4.75. The number of hydrogen-bond acceptors (Lipinski definition) is 5. The van der Waals surface area contributed by atoms with Crippen molar-refractivity contribution in [3.63, 3.8) is 0 Å². The Bertz CT molecular complexity index is 824. The van der Waals surface area contributed by atoms with Crippen LogP contribution in [-0.4, -0.2) is 13.1 Å². The number of carboxylic acids is 1. The summed E-state index contributed by atoms with van der Waals surface area (Å²) >= 11 is 6.08. The molecule has 0 radical (unpaired) electrons. The van der Waals surface area contributed by atoms with E-state index in [9.17, 15) is 9.90 Å². The minimum Gasteiger partial charge on any atom is -0.544 e. The summed E-state index contributed by atoms with van der Waals surface area (Å²) < 4.78 is 11.0. The highest BCUT2D eigenvalue weighted by molar-refractivity contribution is 6.31. The largest absolute Gasteiger partial charge is 0.544 e. The van der Waals surface area contributed by atoms with Crippen LogP contribution in [0.25, 0.3) is 6.08 Å². The van der Waals surface area contributed by atoms with E-state index in [-0.39, 0.29) is 6.61 Å². The maximum Gasteiger partial charge on any atom is 0.161 e. The second kappa shape index (κ2) is 8.04. The van der Waals surface area contributed by atoms with Crippen molar-refractivity contribution in [2.75, 3.05) is 7.11 Å². The molecule has 5 nitrogen and oxygen atoms in total. The minimum absolute atomic E-state index is 0.258. The van der Waals surface area contributed by atoms with Gasteiger partial charge in [0.05, 0.1) is 18.7 Å². The molecule has 0 amide bonds. The Labute approximate surface area is 144 Å². The SMILES string of the molecule is COc1cc(/C=C(\C#N)C(=O)[O-])ccc1OCc1ccccc1Cl. The van der Waals surface area contributed by atoms with Crippen LogP contribution in [0.4, 0.5) is 0 Å². The molecule has 0 atom stereocenters. The monoisotopic (exact) mass is 342 g/mol. The Kier molecular flexibility index (Phi) is 5.83. The number of nitriles is 1. The maximum absolute atomic E-state index is 10.8. The molecule has 0 fully saturated rings. The van der Waals surface area contributed by atoms with E-state index < -0.39 is 11.5 Å². The molecule has 0 aromatic heterocycles. The van der Waals surface area contributed by atoms with Crippen LogP contribution in [0.15, 0.2) is 48.0 Å².